The molecule has 1 heterocycles. The van der Waals surface area contributed by atoms with Crippen LogP contribution in [-0.4, -0.2) is 11.5 Å². The maximum absolute atomic E-state index is 5.89. The maximum atomic E-state index is 5.89. The molecule has 1 fully saturated rings. The zero-order valence-corrected chi connectivity index (χ0v) is 5.76. The first-order chi connectivity index (χ1) is 3.60. The summed E-state index contributed by atoms with van der Waals surface area (Å²) in [7, 11) is 0. The van der Waals surface area contributed by atoms with Crippen LogP contribution in [0.15, 0.2) is 12.2 Å². The van der Waals surface area contributed by atoms with Crippen molar-refractivity contribution in [3.05, 3.63) is 12.2 Å². The van der Waals surface area contributed by atoms with Crippen LogP contribution in [0.3, 0.4) is 0 Å². The molecule has 0 radical (unpaired) electrons. The first kappa shape index (κ1) is 6.12. The van der Waals surface area contributed by atoms with E-state index in [1.807, 2.05) is 6.92 Å². The summed E-state index contributed by atoms with van der Waals surface area (Å²) >= 11 is 5.89. The van der Waals surface area contributed by atoms with Gasteiger partial charge in [0.05, 0.1) is 5.00 Å². The van der Waals surface area contributed by atoms with E-state index in [-0.39, 0.29) is 5.00 Å². The Morgan fingerprint density at radius 3 is 2.62 bits per heavy atom. The summed E-state index contributed by atoms with van der Waals surface area (Å²) in [5, 5.41) is 3.11. The summed E-state index contributed by atoms with van der Waals surface area (Å²) in [5.74, 6) is 0. The van der Waals surface area contributed by atoms with E-state index < -0.39 is 0 Å². The highest BCUT2D eigenvalue weighted by atomic mass is 35.5. The van der Waals surface area contributed by atoms with Gasteiger partial charge in [-0.25, -0.2) is 0 Å². The van der Waals surface area contributed by atoms with Crippen molar-refractivity contribution >= 4 is 11.6 Å². The normalized spacial score (nSPS) is 38.5. The first-order valence-corrected chi connectivity index (χ1v) is 3.08. The van der Waals surface area contributed by atoms with E-state index in [0.717, 1.165) is 13.0 Å². The van der Waals surface area contributed by atoms with E-state index in [1.54, 1.807) is 0 Å². The predicted octanol–water partition coefficient (Wildman–Crippen LogP) is 1.49. The standard InChI is InChI=1S/C6H10ClN/c1-5-3-6(2,7)8-4-5/h8H,1,3-4H2,2H3. The molecule has 0 aromatic heterocycles. The molecule has 1 atom stereocenters. The Morgan fingerprint density at radius 1 is 1.88 bits per heavy atom. The number of hydrogen-bond donors (Lipinski definition) is 1. The zero-order valence-electron chi connectivity index (χ0n) is 5.00. The third-order valence-electron chi connectivity index (χ3n) is 1.29. The second-order valence-corrected chi connectivity index (χ2v) is 3.31. The average Bonchev–Trinajstić information content (AvgIpc) is 1.82. The Hall–Kier alpha value is -0.0100. The average molecular weight is 132 g/mol. The van der Waals surface area contributed by atoms with Gasteiger partial charge in [-0.2, -0.15) is 0 Å². The predicted molar refractivity (Wildman–Crippen MR) is 36.0 cm³/mol. The summed E-state index contributed by atoms with van der Waals surface area (Å²) in [5.41, 5.74) is 1.20. The van der Waals surface area contributed by atoms with Crippen LogP contribution in [0.1, 0.15) is 13.3 Å². The minimum absolute atomic E-state index is 0.211. The molecule has 46 valence electrons. The van der Waals surface area contributed by atoms with Gasteiger partial charge in [0.1, 0.15) is 0 Å². The van der Waals surface area contributed by atoms with Crippen molar-refractivity contribution in [3.63, 3.8) is 0 Å². The maximum Gasteiger partial charge on any atom is 0.0947 e. The summed E-state index contributed by atoms with van der Waals surface area (Å²) in [4.78, 5) is -0.211. The molecule has 1 N–H and O–H groups in total. The van der Waals surface area contributed by atoms with E-state index >= 15 is 0 Å². The molecule has 1 unspecified atom stereocenters. The van der Waals surface area contributed by atoms with E-state index in [4.69, 9.17) is 11.6 Å². The van der Waals surface area contributed by atoms with Crippen LogP contribution in [0.2, 0.25) is 0 Å². The van der Waals surface area contributed by atoms with Crippen LogP contribution in [0.5, 0.6) is 0 Å². The molecule has 1 aliphatic heterocycles. The zero-order chi connectivity index (χ0) is 6.20. The first-order valence-electron chi connectivity index (χ1n) is 2.71. The van der Waals surface area contributed by atoms with Crippen molar-refractivity contribution in [1.82, 2.24) is 5.32 Å². The number of rotatable bonds is 0. The minimum Gasteiger partial charge on any atom is -0.295 e. The summed E-state index contributed by atoms with van der Waals surface area (Å²) in [6.45, 7) is 6.64. The summed E-state index contributed by atoms with van der Waals surface area (Å²) in [6, 6.07) is 0. The number of alkyl halides is 1. The van der Waals surface area contributed by atoms with Crippen LogP contribution < -0.4 is 5.32 Å². The quantitative estimate of drug-likeness (QED) is 0.299. The summed E-state index contributed by atoms with van der Waals surface area (Å²) in [6.07, 6.45) is 0.897. The van der Waals surface area contributed by atoms with Crippen molar-refractivity contribution in [1.29, 1.82) is 0 Å². The molecular formula is C6H10ClN. The smallest absolute Gasteiger partial charge is 0.0947 e. The molecule has 1 nitrogen and oxygen atoms in total. The summed E-state index contributed by atoms with van der Waals surface area (Å²) < 4.78 is 0. The lowest BCUT2D eigenvalue weighted by Gasteiger charge is -2.11. The fourth-order valence-electron chi connectivity index (χ4n) is 0.904. The van der Waals surface area contributed by atoms with Gasteiger partial charge in [0.15, 0.2) is 0 Å². The largest absolute Gasteiger partial charge is 0.295 e. The molecule has 0 bridgehead atoms. The van der Waals surface area contributed by atoms with Gasteiger partial charge < -0.3 is 0 Å². The Labute approximate surface area is 54.7 Å². The van der Waals surface area contributed by atoms with Gasteiger partial charge in [-0.3, -0.25) is 5.32 Å². The van der Waals surface area contributed by atoms with Crippen molar-refractivity contribution < 1.29 is 0 Å². The molecule has 8 heavy (non-hydrogen) atoms. The second kappa shape index (κ2) is 1.74. The highest BCUT2D eigenvalue weighted by Crippen LogP contribution is 2.25. The fourth-order valence-corrected chi connectivity index (χ4v) is 1.16. The lowest BCUT2D eigenvalue weighted by atomic mass is 10.2. The van der Waals surface area contributed by atoms with Crippen LogP contribution in [0.25, 0.3) is 0 Å². The SMILES string of the molecule is C=C1CNC(C)(Cl)C1. The Balaban J connectivity index is 2.56. The molecule has 0 amide bonds. The van der Waals surface area contributed by atoms with Crippen LogP contribution in [-0.2, 0) is 0 Å². The topological polar surface area (TPSA) is 12.0 Å². The van der Waals surface area contributed by atoms with Gasteiger partial charge in [0.2, 0.25) is 0 Å². The second-order valence-electron chi connectivity index (χ2n) is 2.48. The van der Waals surface area contributed by atoms with E-state index in [0.29, 0.717) is 0 Å². The number of hydrogen-bond acceptors (Lipinski definition) is 1. The minimum atomic E-state index is -0.211. The molecule has 0 saturated carbocycles. The number of nitrogens with one attached hydrogen (secondary N) is 1. The van der Waals surface area contributed by atoms with Gasteiger partial charge in [-0.05, 0) is 6.92 Å². The van der Waals surface area contributed by atoms with Crippen molar-refractivity contribution in [2.24, 2.45) is 0 Å². The molecular weight excluding hydrogens is 122 g/mol. The molecule has 2 heteroatoms. The molecule has 0 aliphatic carbocycles. The third-order valence-corrected chi connectivity index (χ3v) is 1.56. The lowest BCUT2D eigenvalue weighted by Crippen LogP contribution is -2.28. The molecule has 1 aliphatic rings. The molecule has 0 aromatic carbocycles. The van der Waals surface area contributed by atoms with Crippen LogP contribution in [0, 0.1) is 0 Å². The highest BCUT2D eigenvalue weighted by Gasteiger charge is 2.26. The lowest BCUT2D eigenvalue weighted by molar-refractivity contribution is 0.593. The Bertz CT molecular complexity index is 118. The highest BCUT2D eigenvalue weighted by molar-refractivity contribution is 6.23. The van der Waals surface area contributed by atoms with Crippen molar-refractivity contribution in [2.75, 3.05) is 6.54 Å². The monoisotopic (exact) mass is 131 g/mol. The van der Waals surface area contributed by atoms with Gasteiger partial charge >= 0.3 is 0 Å². The van der Waals surface area contributed by atoms with Crippen LogP contribution >= 0.6 is 11.6 Å². The van der Waals surface area contributed by atoms with Crippen LogP contribution in [0.4, 0.5) is 0 Å². The third kappa shape index (κ3) is 1.23. The number of halogens is 1. The fraction of sp³-hybridized carbons (Fsp3) is 0.667. The van der Waals surface area contributed by atoms with E-state index in [2.05, 4.69) is 11.9 Å². The molecule has 0 aromatic rings. The molecule has 0 spiro atoms. The Kier molecular flexibility index (Phi) is 1.33. The van der Waals surface area contributed by atoms with Gasteiger partial charge in [0, 0.05) is 13.0 Å². The van der Waals surface area contributed by atoms with Gasteiger partial charge in [0.25, 0.3) is 0 Å². The van der Waals surface area contributed by atoms with Gasteiger partial charge in [-0.1, -0.05) is 12.2 Å². The van der Waals surface area contributed by atoms with Crippen molar-refractivity contribution in [2.45, 2.75) is 18.3 Å². The Morgan fingerprint density at radius 2 is 2.50 bits per heavy atom. The van der Waals surface area contributed by atoms with E-state index in [9.17, 15) is 0 Å². The molecule has 1 saturated heterocycles. The van der Waals surface area contributed by atoms with Crippen molar-refractivity contribution in [3.8, 4) is 0 Å². The van der Waals surface area contributed by atoms with E-state index in [1.165, 1.54) is 5.57 Å². The molecule has 1 rings (SSSR count). The van der Waals surface area contributed by atoms with Gasteiger partial charge in [-0.15, -0.1) is 11.6 Å².